The Morgan fingerprint density at radius 1 is 1.39 bits per heavy atom. The Labute approximate surface area is 105 Å². The Morgan fingerprint density at radius 3 is 2.78 bits per heavy atom. The fourth-order valence-corrected chi connectivity index (χ4v) is 1.65. The van der Waals surface area contributed by atoms with Crippen LogP contribution in [0.15, 0.2) is 22.7 Å². The molecular formula is C13H16N2O3. The fraction of sp³-hybridized carbons (Fsp3) is 0.385. The summed E-state index contributed by atoms with van der Waals surface area (Å²) in [5.41, 5.74) is 1.81. The van der Waals surface area contributed by atoms with Gasteiger partial charge < -0.3 is 14.4 Å². The van der Waals surface area contributed by atoms with Crippen molar-refractivity contribution in [1.82, 2.24) is 10.1 Å². The number of rotatable bonds is 4. The molecule has 0 saturated carbocycles. The van der Waals surface area contributed by atoms with Crippen molar-refractivity contribution in [3.63, 3.8) is 0 Å². The van der Waals surface area contributed by atoms with Gasteiger partial charge in [0, 0.05) is 5.56 Å². The molecule has 2 rings (SSSR count). The van der Waals surface area contributed by atoms with Gasteiger partial charge in [0.1, 0.15) is 5.75 Å². The number of aromatic nitrogens is 2. The molecule has 0 aliphatic heterocycles. The molecule has 0 aliphatic rings. The van der Waals surface area contributed by atoms with E-state index in [-0.39, 0.29) is 6.61 Å². The van der Waals surface area contributed by atoms with Gasteiger partial charge >= 0.3 is 0 Å². The zero-order valence-electron chi connectivity index (χ0n) is 10.7. The van der Waals surface area contributed by atoms with Crippen molar-refractivity contribution < 1.29 is 14.4 Å². The molecule has 1 atom stereocenters. The maximum Gasteiger partial charge on any atom is 0.264 e. The molecule has 0 saturated heterocycles. The van der Waals surface area contributed by atoms with Crippen molar-refractivity contribution in [2.24, 2.45) is 0 Å². The van der Waals surface area contributed by atoms with Gasteiger partial charge in [-0.25, -0.2) is 0 Å². The third-order valence-electron chi connectivity index (χ3n) is 2.54. The maximum atomic E-state index is 9.67. The van der Waals surface area contributed by atoms with Crippen LogP contribution in [0.5, 0.6) is 5.75 Å². The molecule has 5 heteroatoms. The molecule has 1 heterocycles. The predicted octanol–water partition coefficient (Wildman–Crippen LogP) is 2.32. The lowest BCUT2D eigenvalue weighted by molar-refractivity contribution is 0.185. The first kappa shape index (κ1) is 12.6. The van der Waals surface area contributed by atoms with Crippen molar-refractivity contribution in [3.05, 3.63) is 41.0 Å². The second-order valence-corrected chi connectivity index (χ2v) is 4.24. The van der Waals surface area contributed by atoms with Crippen LogP contribution in [0.4, 0.5) is 0 Å². The second kappa shape index (κ2) is 5.18. The Hall–Kier alpha value is -1.88. The summed E-state index contributed by atoms with van der Waals surface area (Å²) in [5.74, 6) is 1.64. The number of hydrogen-bond donors (Lipinski definition) is 1. The number of nitrogens with zero attached hydrogens (tertiary/aromatic N) is 2. The molecule has 1 aromatic heterocycles. The average molecular weight is 248 g/mol. The van der Waals surface area contributed by atoms with E-state index in [2.05, 4.69) is 10.1 Å². The fourth-order valence-electron chi connectivity index (χ4n) is 1.65. The van der Waals surface area contributed by atoms with E-state index in [0.717, 1.165) is 11.1 Å². The van der Waals surface area contributed by atoms with Crippen molar-refractivity contribution >= 4 is 0 Å². The number of ether oxygens (including phenoxy) is 1. The smallest absolute Gasteiger partial charge is 0.264 e. The first-order valence-corrected chi connectivity index (χ1v) is 5.77. The number of aliphatic hydroxyl groups is 1. The lowest BCUT2D eigenvalue weighted by Crippen LogP contribution is -2.01. The summed E-state index contributed by atoms with van der Waals surface area (Å²) in [6.07, 6.45) is -0.579. The summed E-state index contributed by atoms with van der Waals surface area (Å²) in [7, 11) is 0. The van der Waals surface area contributed by atoms with Crippen LogP contribution in [0.3, 0.4) is 0 Å². The van der Waals surface area contributed by atoms with Gasteiger partial charge in [-0.2, -0.15) is 4.98 Å². The molecular weight excluding hydrogens is 232 g/mol. The van der Waals surface area contributed by atoms with Crippen LogP contribution >= 0.6 is 0 Å². The number of aryl methyl sites for hydroxylation is 2. The summed E-state index contributed by atoms with van der Waals surface area (Å²) in [6, 6.07) is 5.67. The van der Waals surface area contributed by atoms with E-state index in [1.54, 1.807) is 13.8 Å². The lowest BCUT2D eigenvalue weighted by atomic mass is 10.1. The van der Waals surface area contributed by atoms with Gasteiger partial charge in [-0.15, -0.1) is 0 Å². The van der Waals surface area contributed by atoms with E-state index in [0.29, 0.717) is 17.5 Å². The molecule has 0 fully saturated rings. The highest BCUT2D eigenvalue weighted by Gasteiger charge is 2.11. The molecule has 2 aromatic rings. The molecule has 96 valence electrons. The molecule has 1 N–H and O–H groups in total. The van der Waals surface area contributed by atoms with E-state index in [1.165, 1.54) is 0 Å². The van der Waals surface area contributed by atoms with Crippen molar-refractivity contribution in [2.45, 2.75) is 33.5 Å². The molecule has 5 nitrogen and oxygen atoms in total. The minimum absolute atomic E-state index is 0.198. The Balaban J connectivity index is 2.15. The zero-order chi connectivity index (χ0) is 13.1. The van der Waals surface area contributed by atoms with E-state index >= 15 is 0 Å². The van der Waals surface area contributed by atoms with Gasteiger partial charge in [0.15, 0.2) is 12.4 Å². The van der Waals surface area contributed by atoms with Crippen LogP contribution in [-0.4, -0.2) is 15.2 Å². The summed E-state index contributed by atoms with van der Waals surface area (Å²) in [5, 5.41) is 13.4. The third-order valence-corrected chi connectivity index (χ3v) is 2.54. The van der Waals surface area contributed by atoms with Crippen molar-refractivity contribution in [2.75, 3.05) is 0 Å². The standard InChI is InChI=1S/C13H16N2O3/c1-8-4-5-11(9(2)16)12(6-8)17-7-13-14-10(3)15-18-13/h4-6,9,16H,7H2,1-3H3/t9-/m0/s1. The lowest BCUT2D eigenvalue weighted by Gasteiger charge is -2.13. The van der Waals surface area contributed by atoms with Crippen LogP contribution in [-0.2, 0) is 6.61 Å². The first-order chi connectivity index (χ1) is 8.56. The van der Waals surface area contributed by atoms with Crippen LogP contribution in [0.1, 0.15) is 35.9 Å². The number of aliphatic hydroxyl groups excluding tert-OH is 1. The van der Waals surface area contributed by atoms with Gasteiger partial charge in [0.05, 0.1) is 6.10 Å². The molecule has 0 bridgehead atoms. The van der Waals surface area contributed by atoms with E-state index in [4.69, 9.17) is 9.26 Å². The minimum Gasteiger partial charge on any atom is -0.483 e. The third kappa shape index (κ3) is 2.87. The number of hydrogen-bond acceptors (Lipinski definition) is 5. The largest absolute Gasteiger partial charge is 0.483 e. The van der Waals surface area contributed by atoms with E-state index in [1.807, 2.05) is 25.1 Å². The van der Waals surface area contributed by atoms with Gasteiger partial charge in [0.2, 0.25) is 0 Å². The quantitative estimate of drug-likeness (QED) is 0.899. The van der Waals surface area contributed by atoms with Gasteiger partial charge in [-0.05, 0) is 32.4 Å². The van der Waals surface area contributed by atoms with Gasteiger partial charge in [-0.3, -0.25) is 0 Å². The maximum absolute atomic E-state index is 9.67. The van der Waals surface area contributed by atoms with Crippen molar-refractivity contribution in [1.29, 1.82) is 0 Å². The predicted molar refractivity (Wildman–Crippen MR) is 65.2 cm³/mol. The highest BCUT2D eigenvalue weighted by atomic mass is 16.5. The molecule has 0 radical (unpaired) electrons. The summed E-state index contributed by atoms with van der Waals surface area (Å²) >= 11 is 0. The molecule has 0 aliphatic carbocycles. The zero-order valence-corrected chi connectivity index (χ0v) is 10.7. The Kier molecular flexibility index (Phi) is 3.62. The van der Waals surface area contributed by atoms with Gasteiger partial charge in [-0.1, -0.05) is 17.3 Å². The Bertz CT molecular complexity index is 535. The number of benzene rings is 1. The topological polar surface area (TPSA) is 68.4 Å². The monoisotopic (exact) mass is 248 g/mol. The Morgan fingerprint density at radius 2 is 2.17 bits per heavy atom. The molecule has 1 aromatic carbocycles. The van der Waals surface area contributed by atoms with Crippen LogP contribution in [0.2, 0.25) is 0 Å². The first-order valence-electron chi connectivity index (χ1n) is 5.77. The summed E-state index contributed by atoms with van der Waals surface area (Å²) in [4.78, 5) is 4.06. The molecule has 0 spiro atoms. The highest BCUT2D eigenvalue weighted by molar-refractivity contribution is 5.38. The molecule has 18 heavy (non-hydrogen) atoms. The SMILES string of the molecule is Cc1ccc([C@H](C)O)c(OCc2nc(C)no2)c1. The van der Waals surface area contributed by atoms with E-state index in [9.17, 15) is 5.11 Å². The average Bonchev–Trinajstić information content (AvgIpc) is 2.72. The minimum atomic E-state index is -0.579. The highest BCUT2D eigenvalue weighted by Crippen LogP contribution is 2.26. The summed E-state index contributed by atoms with van der Waals surface area (Å²) in [6.45, 7) is 5.62. The van der Waals surface area contributed by atoms with Crippen LogP contribution < -0.4 is 4.74 Å². The normalized spacial score (nSPS) is 12.4. The second-order valence-electron chi connectivity index (χ2n) is 4.24. The van der Waals surface area contributed by atoms with Crippen LogP contribution in [0.25, 0.3) is 0 Å². The van der Waals surface area contributed by atoms with Gasteiger partial charge in [0.25, 0.3) is 5.89 Å². The molecule has 0 amide bonds. The van der Waals surface area contributed by atoms with Crippen LogP contribution in [0, 0.1) is 13.8 Å². The van der Waals surface area contributed by atoms with Crippen molar-refractivity contribution in [3.8, 4) is 5.75 Å². The molecule has 0 unspecified atom stereocenters. The summed E-state index contributed by atoms with van der Waals surface area (Å²) < 4.78 is 10.6. The van der Waals surface area contributed by atoms with E-state index < -0.39 is 6.10 Å².